The second-order valence-corrected chi connectivity index (χ2v) is 8.50. The molecule has 4 heteroatoms. The van der Waals surface area contributed by atoms with Crippen LogP contribution in [0.1, 0.15) is 89.9 Å². The van der Waals surface area contributed by atoms with E-state index in [1.165, 1.54) is 77.0 Å². The van der Waals surface area contributed by atoms with E-state index in [1.54, 1.807) is 0 Å². The van der Waals surface area contributed by atoms with Crippen molar-refractivity contribution in [3.8, 4) is 0 Å². The Labute approximate surface area is 155 Å². The van der Waals surface area contributed by atoms with Crippen LogP contribution in [0.4, 0.5) is 0 Å². The molecule has 0 aromatic heterocycles. The van der Waals surface area contributed by atoms with Crippen molar-refractivity contribution < 1.29 is 14.3 Å². The third kappa shape index (κ3) is 7.65. The van der Waals surface area contributed by atoms with Crippen molar-refractivity contribution in [1.82, 2.24) is 4.90 Å². The number of nitrogens with zero attached hydrogens (tertiary/aromatic N) is 2. The number of amides is 1. The molecule has 2 fully saturated rings. The van der Waals surface area contributed by atoms with Gasteiger partial charge in [-0.3, -0.25) is 4.79 Å². The van der Waals surface area contributed by atoms with Gasteiger partial charge in [-0.15, -0.1) is 0 Å². The largest absolute Gasteiger partial charge is 0.341 e. The summed E-state index contributed by atoms with van der Waals surface area (Å²) in [5.41, 5.74) is 0. The molecule has 0 aromatic carbocycles. The Morgan fingerprint density at radius 2 is 1.28 bits per heavy atom. The van der Waals surface area contributed by atoms with E-state index >= 15 is 0 Å². The molecule has 0 aromatic rings. The molecular formula is C21H41N2O2+. The smallest absolute Gasteiger partial charge is 0.254 e. The molecule has 1 saturated carbocycles. The third-order valence-electron chi connectivity index (χ3n) is 6.28. The van der Waals surface area contributed by atoms with E-state index in [-0.39, 0.29) is 12.5 Å². The predicted octanol–water partition coefficient (Wildman–Crippen LogP) is 4.68. The minimum atomic E-state index is 0.169. The summed E-state index contributed by atoms with van der Waals surface area (Å²) in [7, 11) is 4.13. The average molecular weight is 354 g/mol. The van der Waals surface area contributed by atoms with Crippen molar-refractivity contribution in [3.63, 3.8) is 0 Å². The fraction of sp³-hybridized carbons (Fsp3) is 0.952. The first kappa shape index (κ1) is 20.7. The Balaban J connectivity index is 1.79. The van der Waals surface area contributed by atoms with Gasteiger partial charge in [0.05, 0.1) is 7.05 Å². The summed E-state index contributed by atoms with van der Waals surface area (Å²) in [6, 6.07) is 0.405. The summed E-state index contributed by atoms with van der Waals surface area (Å²) in [6.07, 6.45) is 18.1. The number of hydrogen-bond acceptors (Lipinski definition) is 2. The molecule has 0 radical (unpaired) electrons. The number of carbonyl (C=O) groups excluding carboxylic acids is 1. The number of carbonyl (C=O) groups is 1. The first-order valence-corrected chi connectivity index (χ1v) is 10.9. The molecule has 1 aliphatic heterocycles. The number of likely N-dealkylation sites (N-methyl/N-ethyl adjacent to an activating group) is 1. The van der Waals surface area contributed by atoms with Gasteiger partial charge in [-0.05, 0) is 32.1 Å². The molecule has 25 heavy (non-hydrogen) atoms. The van der Waals surface area contributed by atoms with Crippen LogP contribution in [0.5, 0.6) is 0 Å². The summed E-state index contributed by atoms with van der Waals surface area (Å²) in [5, 5.41) is 0. The molecular weight excluding hydrogens is 312 g/mol. The van der Waals surface area contributed by atoms with E-state index in [9.17, 15) is 4.79 Å². The second-order valence-electron chi connectivity index (χ2n) is 8.50. The highest BCUT2D eigenvalue weighted by molar-refractivity contribution is 5.77. The predicted molar refractivity (Wildman–Crippen MR) is 103 cm³/mol. The normalized spacial score (nSPS) is 24.1. The first-order valence-electron chi connectivity index (χ1n) is 10.9. The maximum Gasteiger partial charge on any atom is 0.254 e. The number of likely N-dealkylation sites (tertiary alicyclic amines) is 1. The van der Waals surface area contributed by atoms with Gasteiger partial charge in [-0.2, -0.15) is 9.48 Å². The van der Waals surface area contributed by atoms with Gasteiger partial charge in [0.1, 0.15) is 13.1 Å². The zero-order valence-electron chi connectivity index (χ0n) is 16.8. The molecule has 4 nitrogen and oxygen atoms in total. The van der Waals surface area contributed by atoms with Crippen LogP contribution in [0.15, 0.2) is 0 Å². The molecule has 2 aliphatic rings. The molecule has 0 unspecified atom stereocenters. The molecule has 0 atom stereocenters. The van der Waals surface area contributed by atoms with E-state index in [1.807, 2.05) is 11.9 Å². The zero-order valence-corrected chi connectivity index (χ0v) is 16.8. The van der Waals surface area contributed by atoms with Crippen molar-refractivity contribution in [2.24, 2.45) is 0 Å². The van der Waals surface area contributed by atoms with Crippen LogP contribution in [0, 0.1) is 0 Å². The van der Waals surface area contributed by atoms with Crippen molar-refractivity contribution in [2.75, 3.05) is 33.8 Å². The molecule has 1 heterocycles. The zero-order chi connectivity index (χ0) is 18.0. The fourth-order valence-corrected chi connectivity index (χ4v) is 4.36. The summed E-state index contributed by atoms with van der Waals surface area (Å²) in [5.74, 6) is 0.169. The minimum absolute atomic E-state index is 0.169. The van der Waals surface area contributed by atoms with Gasteiger partial charge >= 0.3 is 0 Å². The highest BCUT2D eigenvalue weighted by Crippen LogP contribution is 2.21. The minimum Gasteiger partial charge on any atom is -0.341 e. The number of hydroxylamine groups is 3. The molecule has 1 aliphatic carbocycles. The average Bonchev–Trinajstić information content (AvgIpc) is 2.60. The van der Waals surface area contributed by atoms with Crippen LogP contribution in [0.2, 0.25) is 0 Å². The lowest BCUT2D eigenvalue weighted by Crippen LogP contribution is -2.50. The molecule has 0 N–H and O–H groups in total. The van der Waals surface area contributed by atoms with E-state index in [2.05, 4.69) is 7.05 Å². The van der Waals surface area contributed by atoms with Crippen LogP contribution in [0.3, 0.4) is 0 Å². The second kappa shape index (κ2) is 11.2. The van der Waals surface area contributed by atoms with Crippen molar-refractivity contribution in [2.45, 2.75) is 95.9 Å². The Hall–Kier alpha value is -0.610. The first-order chi connectivity index (χ1) is 12.1. The molecule has 1 saturated heterocycles. The molecule has 2 rings (SSSR count). The maximum atomic E-state index is 12.7. The maximum absolute atomic E-state index is 12.7. The number of piperidine rings is 1. The lowest BCUT2D eigenvalue weighted by Gasteiger charge is -2.35. The van der Waals surface area contributed by atoms with Gasteiger partial charge in [0.15, 0.2) is 6.61 Å². The van der Waals surface area contributed by atoms with Crippen LogP contribution < -0.4 is 0 Å². The lowest BCUT2D eigenvalue weighted by atomic mass is 9.97. The van der Waals surface area contributed by atoms with Crippen LogP contribution >= 0.6 is 0 Å². The van der Waals surface area contributed by atoms with Crippen molar-refractivity contribution in [1.29, 1.82) is 0 Å². The van der Waals surface area contributed by atoms with Gasteiger partial charge in [-0.1, -0.05) is 57.8 Å². The summed E-state index contributed by atoms with van der Waals surface area (Å²) in [4.78, 5) is 20.7. The summed E-state index contributed by atoms with van der Waals surface area (Å²) in [6.45, 7) is 2.32. The molecule has 1 amide bonds. The topological polar surface area (TPSA) is 29.5 Å². The van der Waals surface area contributed by atoms with E-state index in [0.717, 1.165) is 25.9 Å². The molecule has 0 bridgehead atoms. The van der Waals surface area contributed by atoms with Crippen LogP contribution in [0.25, 0.3) is 0 Å². The Kier molecular flexibility index (Phi) is 9.25. The van der Waals surface area contributed by atoms with Crippen molar-refractivity contribution in [3.05, 3.63) is 0 Å². The lowest BCUT2D eigenvalue weighted by molar-refractivity contribution is -1.09. The number of quaternary nitrogens is 1. The Bertz CT molecular complexity index is 368. The Morgan fingerprint density at radius 1 is 0.840 bits per heavy atom. The van der Waals surface area contributed by atoms with Crippen LogP contribution in [-0.2, 0) is 9.63 Å². The van der Waals surface area contributed by atoms with Gasteiger partial charge in [0, 0.05) is 13.1 Å². The van der Waals surface area contributed by atoms with Crippen LogP contribution in [-0.4, -0.2) is 55.3 Å². The van der Waals surface area contributed by atoms with E-state index < -0.39 is 0 Å². The monoisotopic (exact) mass is 353 g/mol. The molecule has 146 valence electrons. The SMILES string of the molecule is CN(C(=O)CO[N+]1(C)CCCCC1)C1CCCCCCCCCCC1. The summed E-state index contributed by atoms with van der Waals surface area (Å²) < 4.78 is 0.615. The van der Waals surface area contributed by atoms with Crippen molar-refractivity contribution >= 4 is 5.91 Å². The number of hydrogen-bond donors (Lipinski definition) is 0. The highest BCUT2D eigenvalue weighted by atomic mass is 16.7. The van der Waals surface area contributed by atoms with E-state index in [0.29, 0.717) is 10.7 Å². The van der Waals surface area contributed by atoms with Gasteiger partial charge < -0.3 is 4.90 Å². The van der Waals surface area contributed by atoms with Gasteiger partial charge in [0.25, 0.3) is 5.91 Å². The van der Waals surface area contributed by atoms with Gasteiger partial charge in [-0.25, -0.2) is 0 Å². The Morgan fingerprint density at radius 3 is 1.80 bits per heavy atom. The summed E-state index contributed by atoms with van der Waals surface area (Å²) >= 11 is 0. The molecule has 0 spiro atoms. The standard InChI is InChI=1S/C21H41N2O2/c1-22(21(24)19-25-23(2)17-13-10-14-18-23)20-15-11-8-6-4-3-5-7-9-12-16-20/h20H,3-19H2,1-2H3/q+1. The fourth-order valence-electron chi connectivity index (χ4n) is 4.36. The van der Waals surface area contributed by atoms with Gasteiger partial charge in [0.2, 0.25) is 0 Å². The third-order valence-corrected chi connectivity index (χ3v) is 6.28. The quantitative estimate of drug-likeness (QED) is 0.687. The highest BCUT2D eigenvalue weighted by Gasteiger charge is 2.29. The number of rotatable bonds is 4. The van der Waals surface area contributed by atoms with E-state index in [4.69, 9.17) is 4.84 Å².